The number of anilines is 1. The Balaban J connectivity index is 2.61. The third-order valence-electron chi connectivity index (χ3n) is 3.16. The summed E-state index contributed by atoms with van der Waals surface area (Å²) in [5.74, 6) is 0. The molecule has 2 atom stereocenters. The summed E-state index contributed by atoms with van der Waals surface area (Å²) in [4.78, 5) is 11.9. The minimum absolute atomic E-state index is 0.00306. The molecule has 0 aliphatic rings. The van der Waals surface area contributed by atoms with Gasteiger partial charge >= 0.3 is 6.03 Å². The standard InChI is InChI=1S/C15H24N2O3/c1-5-13(10-19-3)16-15(18)17-14-8-6-7-12(9-14)11(2)20-4/h6-9,11,13H,5,10H2,1-4H3,(H2,16,17,18)/t11-,13+/m1/s1. The van der Waals surface area contributed by atoms with Crippen LogP contribution in [0.5, 0.6) is 0 Å². The number of ether oxygens (including phenoxy) is 2. The number of methoxy groups -OCH3 is 2. The zero-order chi connectivity index (χ0) is 15.0. The number of carbonyl (C=O) groups excluding carboxylic acids is 1. The van der Waals surface area contributed by atoms with Gasteiger partial charge in [0.25, 0.3) is 0 Å². The summed E-state index contributed by atoms with van der Waals surface area (Å²) in [7, 11) is 3.28. The second-order valence-electron chi connectivity index (χ2n) is 4.66. The molecule has 0 aromatic heterocycles. The average Bonchev–Trinajstić information content (AvgIpc) is 2.46. The van der Waals surface area contributed by atoms with Gasteiger partial charge in [-0.05, 0) is 31.0 Å². The molecule has 1 aromatic rings. The molecule has 5 heteroatoms. The Morgan fingerprint density at radius 3 is 2.70 bits per heavy atom. The zero-order valence-electron chi connectivity index (χ0n) is 12.6. The zero-order valence-corrected chi connectivity index (χ0v) is 12.6. The van der Waals surface area contributed by atoms with Crippen molar-refractivity contribution in [2.45, 2.75) is 32.4 Å². The quantitative estimate of drug-likeness (QED) is 0.807. The van der Waals surface area contributed by atoms with Crippen molar-refractivity contribution in [1.29, 1.82) is 0 Å². The highest BCUT2D eigenvalue weighted by molar-refractivity contribution is 5.89. The third-order valence-corrected chi connectivity index (χ3v) is 3.16. The Bertz CT molecular complexity index is 423. The van der Waals surface area contributed by atoms with E-state index in [2.05, 4.69) is 10.6 Å². The first-order valence-corrected chi connectivity index (χ1v) is 6.79. The van der Waals surface area contributed by atoms with Crippen molar-refractivity contribution >= 4 is 11.7 Å². The molecule has 0 bridgehead atoms. The van der Waals surface area contributed by atoms with E-state index >= 15 is 0 Å². The normalized spacial score (nSPS) is 13.6. The lowest BCUT2D eigenvalue weighted by molar-refractivity contribution is 0.119. The van der Waals surface area contributed by atoms with Gasteiger partial charge < -0.3 is 20.1 Å². The topological polar surface area (TPSA) is 59.6 Å². The maximum Gasteiger partial charge on any atom is 0.319 e. The first-order chi connectivity index (χ1) is 9.60. The van der Waals surface area contributed by atoms with Gasteiger partial charge in [0.15, 0.2) is 0 Å². The van der Waals surface area contributed by atoms with Gasteiger partial charge in [-0.15, -0.1) is 0 Å². The van der Waals surface area contributed by atoms with Crippen molar-refractivity contribution in [3.05, 3.63) is 29.8 Å². The molecular weight excluding hydrogens is 256 g/mol. The van der Waals surface area contributed by atoms with E-state index in [1.54, 1.807) is 14.2 Å². The lowest BCUT2D eigenvalue weighted by Crippen LogP contribution is -2.40. The maximum atomic E-state index is 11.9. The van der Waals surface area contributed by atoms with E-state index in [0.29, 0.717) is 6.61 Å². The van der Waals surface area contributed by atoms with E-state index in [0.717, 1.165) is 17.7 Å². The van der Waals surface area contributed by atoms with Gasteiger partial charge in [0, 0.05) is 19.9 Å². The fourth-order valence-electron chi connectivity index (χ4n) is 1.82. The van der Waals surface area contributed by atoms with Crippen LogP contribution in [-0.2, 0) is 9.47 Å². The predicted molar refractivity (Wildman–Crippen MR) is 80.0 cm³/mol. The molecule has 1 aromatic carbocycles. The molecule has 2 N–H and O–H groups in total. The number of hydrogen-bond donors (Lipinski definition) is 2. The second kappa shape index (κ2) is 8.55. The van der Waals surface area contributed by atoms with Crippen LogP contribution >= 0.6 is 0 Å². The molecule has 0 aliphatic heterocycles. The van der Waals surface area contributed by atoms with E-state index in [1.807, 2.05) is 38.1 Å². The van der Waals surface area contributed by atoms with Gasteiger partial charge in [-0.3, -0.25) is 0 Å². The summed E-state index contributed by atoms with van der Waals surface area (Å²) >= 11 is 0. The Morgan fingerprint density at radius 2 is 2.10 bits per heavy atom. The first kappa shape index (κ1) is 16.5. The number of rotatable bonds is 7. The fraction of sp³-hybridized carbons (Fsp3) is 0.533. The number of nitrogens with one attached hydrogen (secondary N) is 2. The summed E-state index contributed by atoms with van der Waals surface area (Å²) in [6, 6.07) is 7.41. The summed E-state index contributed by atoms with van der Waals surface area (Å²) in [6.45, 7) is 4.47. The largest absolute Gasteiger partial charge is 0.383 e. The molecule has 20 heavy (non-hydrogen) atoms. The van der Waals surface area contributed by atoms with E-state index in [1.165, 1.54) is 0 Å². The van der Waals surface area contributed by atoms with Crippen LogP contribution in [0.1, 0.15) is 31.9 Å². The molecule has 0 aliphatic carbocycles. The van der Waals surface area contributed by atoms with Crippen LogP contribution < -0.4 is 10.6 Å². The lowest BCUT2D eigenvalue weighted by atomic mass is 10.1. The van der Waals surface area contributed by atoms with Crippen LogP contribution in [0.15, 0.2) is 24.3 Å². The molecule has 112 valence electrons. The smallest absolute Gasteiger partial charge is 0.319 e. The molecule has 0 radical (unpaired) electrons. The fourth-order valence-corrected chi connectivity index (χ4v) is 1.82. The number of urea groups is 1. The number of benzene rings is 1. The Kier molecular flexibility index (Phi) is 7.04. The molecule has 0 heterocycles. The predicted octanol–water partition coefficient (Wildman–Crippen LogP) is 2.94. The van der Waals surface area contributed by atoms with Crippen molar-refractivity contribution in [1.82, 2.24) is 5.32 Å². The van der Waals surface area contributed by atoms with E-state index in [-0.39, 0.29) is 18.2 Å². The Morgan fingerprint density at radius 1 is 1.35 bits per heavy atom. The molecule has 0 saturated heterocycles. The number of hydrogen-bond acceptors (Lipinski definition) is 3. The highest BCUT2D eigenvalue weighted by Crippen LogP contribution is 2.19. The summed E-state index contributed by atoms with van der Waals surface area (Å²) in [5.41, 5.74) is 1.77. The minimum Gasteiger partial charge on any atom is -0.383 e. The van der Waals surface area contributed by atoms with Crippen LogP contribution in [0.3, 0.4) is 0 Å². The molecule has 2 amide bonds. The van der Waals surface area contributed by atoms with Crippen molar-refractivity contribution < 1.29 is 14.3 Å². The molecule has 5 nitrogen and oxygen atoms in total. The van der Waals surface area contributed by atoms with Crippen molar-refractivity contribution in [2.75, 3.05) is 26.1 Å². The molecular formula is C15H24N2O3. The van der Waals surface area contributed by atoms with Gasteiger partial charge in [-0.2, -0.15) is 0 Å². The molecule has 0 unspecified atom stereocenters. The van der Waals surface area contributed by atoms with Gasteiger partial charge in [0.05, 0.1) is 18.8 Å². The van der Waals surface area contributed by atoms with Gasteiger partial charge in [0.1, 0.15) is 0 Å². The molecule has 0 spiro atoms. The van der Waals surface area contributed by atoms with Crippen LogP contribution in [-0.4, -0.2) is 32.9 Å². The van der Waals surface area contributed by atoms with Crippen LogP contribution in [0.4, 0.5) is 10.5 Å². The van der Waals surface area contributed by atoms with Crippen molar-refractivity contribution in [3.8, 4) is 0 Å². The van der Waals surface area contributed by atoms with Crippen molar-refractivity contribution in [3.63, 3.8) is 0 Å². The van der Waals surface area contributed by atoms with Crippen molar-refractivity contribution in [2.24, 2.45) is 0 Å². The summed E-state index contributed by atoms with van der Waals surface area (Å²) in [5, 5.41) is 5.70. The van der Waals surface area contributed by atoms with Gasteiger partial charge in [0.2, 0.25) is 0 Å². The average molecular weight is 280 g/mol. The van der Waals surface area contributed by atoms with Gasteiger partial charge in [-0.1, -0.05) is 19.1 Å². The Labute approximate surface area is 120 Å². The third kappa shape index (κ3) is 5.19. The number of amides is 2. The van der Waals surface area contributed by atoms with E-state index < -0.39 is 0 Å². The number of carbonyl (C=O) groups is 1. The van der Waals surface area contributed by atoms with Crippen LogP contribution in [0.25, 0.3) is 0 Å². The Hall–Kier alpha value is -1.59. The lowest BCUT2D eigenvalue weighted by Gasteiger charge is -2.17. The van der Waals surface area contributed by atoms with Gasteiger partial charge in [-0.25, -0.2) is 4.79 Å². The van der Waals surface area contributed by atoms with E-state index in [4.69, 9.17) is 9.47 Å². The van der Waals surface area contributed by atoms with E-state index in [9.17, 15) is 4.79 Å². The van der Waals surface area contributed by atoms with Crippen LogP contribution in [0.2, 0.25) is 0 Å². The highest BCUT2D eigenvalue weighted by Gasteiger charge is 2.11. The highest BCUT2D eigenvalue weighted by atomic mass is 16.5. The summed E-state index contributed by atoms with van der Waals surface area (Å²) in [6.07, 6.45) is 0.818. The van der Waals surface area contributed by atoms with Crippen LogP contribution in [0, 0.1) is 0 Å². The molecule has 0 fully saturated rings. The maximum absolute atomic E-state index is 11.9. The minimum atomic E-state index is -0.226. The SMILES string of the molecule is CC[C@@H](COC)NC(=O)Nc1cccc([C@@H](C)OC)c1. The monoisotopic (exact) mass is 280 g/mol. The first-order valence-electron chi connectivity index (χ1n) is 6.79. The summed E-state index contributed by atoms with van der Waals surface area (Å²) < 4.78 is 10.3. The molecule has 0 saturated carbocycles. The second-order valence-corrected chi connectivity index (χ2v) is 4.66. The molecule has 1 rings (SSSR count).